The lowest BCUT2D eigenvalue weighted by molar-refractivity contribution is 0.0377. The van der Waals surface area contributed by atoms with E-state index in [1.54, 1.807) is 24.3 Å². The Bertz CT molecular complexity index is 1560. The summed E-state index contributed by atoms with van der Waals surface area (Å²) in [6.45, 7) is 5.57. The zero-order valence-corrected chi connectivity index (χ0v) is 22.9. The minimum Gasteiger partial charge on any atom is -0.444 e. The molecule has 3 aromatic carbocycles. The van der Waals surface area contributed by atoms with Crippen LogP contribution in [0.1, 0.15) is 56.7 Å². The first-order valence-electron chi connectivity index (χ1n) is 13.4. The molecule has 0 radical (unpaired) electrons. The van der Waals surface area contributed by atoms with E-state index in [9.17, 15) is 9.18 Å². The van der Waals surface area contributed by atoms with Crippen molar-refractivity contribution in [2.45, 2.75) is 51.2 Å². The number of carbonyl (C=O) groups excluding carboxylic acids is 1. The molecule has 1 aliphatic carbocycles. The van der Waals surface area contributed by atoms with Gasteiger partial charge in [-0.05, 0) is 94.1 Å². The number of nitrogens with zero attached hydrogens (tertiary/aromatic N) is 1. The third-order valence-corrected chi connectivity index (χ3v) is 6.81. The highest BCUT2D eigenvalue weighted by molar-refractivity contribution is 5.71. The standard InChI is InChI=1S/C34H32FN3O2/c1-33(2,3)40-32(39)38-34(22-9-23-34)26-17-19-27(20-18-26)36-31-25(15-14-24-10-5-4-6-11-24)16-21-30(37-31)28-12-7-8-13-29(28)35/h4-8,10-13,16-21H,9,22-23H2,1-3H3,(H,36,37)(H,38,39). The second-order valence-corrected chi connectivity index (χ2v) is 11.0. The summed E-state index contributed by atoms with van der Waals surface area (Å²) in [7, 11) is 0. The van der Waals surface area contributed by atoms with Gasteiger partial charge < -0.3 is 15.4 Å². The van der Waals surface area contributed by atoms with Crippen molar-refractivity contribution in [2.24, 2.45) is 0 Å². The van der Waals surface area contributed by atoms with E-state index >= 15 is 0 Å². The van der Waals surface area contributed by atoms with Crippen molar-refractivity contribution in [2.75, 3.05) is 5.32 Å². The molecule has 1 aromatic heterocycles. The van der Waals surface area contributed by atoms with Gasteiger partial charge in [0.25, 0.3) is 0 Å². The maximum absolute atomic E-state index is 14.6. The number of pyridine rings is 1. The summed E-state index contributed by atoms with van der Waals surface area (Å²) in [5, 5.41) is 6.47. The molecule has 0 bridgehead atoms. The Labute approximate surface area is 234 Å². The van der Waals surface area contributed by atoms with Crippen LogP contribution in [-0.4, -0.2) is 16.7 Å². The Kier molecular flexibility index (Phi) is 7.57. The summed E-state index contributed by atoms with van der Waals surface area (Å²) in [6, 6.07) is 27.9. The molecule has 6 heteroatoms. The zero-order valence-electron chi connectivity index (χ0n) is 22.9. The van der Waals surface area contributed by atoms with Crippen LogP contribution in [0, 0.1) is 17.7 Å². The van der Waals surface area contributed by atoms with Crippen LogP contribution >= 0.6 is 0 Å². The van der Waals surface area contributed by atoms with Crippen molar-refractivity contribution in [3.05, 3.63) is 114 Å². The lowest BCUT2D eigenvalue weighted by Gasteiger charge is -2.43. The molecular formula is C34H32FN3O2. The Morgan fingerprint density at radius 2 is 1.60 bits per heavy atom. The normalized spacial score (nSPS) is 13.8. The Morgan fingerprint density at radius 1 is 0.900 bits per heavy atom. The van der Waals surface area contributed by atoms with E-state index in [0.29, 0.717) is 22.6 Å². The van der Waals surface area contributed by atoms with Crippen LogP contribution in [0.2, 0.25) is 0 Å². The minimum absolute atomic E-state index is 0.336. The van der Waals surface area contributed by atoms with Crippen molar-refractivity contribution in [3.8, 4) is 23.1 Å². The van der Waals surface area contributed by atoms with Gasteiger partial charge in [0.2, 0.25) is 0 Å². The smallest absolute Gasteiger partial charge is 0.408 e. The average molecular weight is 534 g/mol. The molecule has 202 valence electrons. The number of rotatable bonds is 5. The Balaban J connectivity index is 1.43. The quantitative estimate of drug-likeness (QED) is 0.256. The maximum Gasteiger partial charge on any atom is 0.408 e. The van der Waals surface area contributed by atoms with E-state index in [4.69, 9.17) is 9.72 Å². The molecule has 4 aromatic rings. The van der Waals surface area contributed by atoms with Crippen LogP contribution in [0.5, 0.6) is 0 Å². The lowest BCUT2D eigenvalue weighted by Crippen LogP contribution is -2.52. The van der Waals surface area contributed by atoms with E-state index in [1.165, 1.54) is 6.07 Å². The van der Waals surface area contributed by atoms with Crippen molar-refractivity contribution in [1.29, 1.82) is 0 Å². The molecule has 2 N–H and O–H groups in total. The van der Waals surface area contributed by atoms with Crippen LogP contribution in [0.25, 0.3) is 11.3 Å². The van der Waals surface area contributed by atoms with Crippen LogP contribution in [-0.2, 0) is 10.3 Å². The number of anilines is 2. The van der Waals surface area contributed by atoms with Gasteiger partial charge in [-0.1, -0.05) is 54.3 Å². The number of nitrogens with one attached hydrogen (secondary N) is 2. The maximum atomic E-state index is 14.6. The van der Waals surface area contributed by atoms with Crippen molar-refractivity contribution in [3.63, 3.8) is 0 Å². The van der Waals surface area contributed by atoms with Crippen LogP contribution < -0.4 is 10.6 Å². The lowest BCUT2D eigenvalue weighted by atomic mass is 9.72. The summed E-state index contributed by atoms with van der Waals surface area (Å²) in [6.07, 6.45) is 2.33. The van der Waals surface area contributed by atoms with E-state index < -0.39 is 17.2 Å². The third-order valence-electron chi connectivity index (χ3n) is 6.81. The molecule has 0 unspecified atom stereocenters. The van der Waals surface area contributed by atoms with E-state index in [1.807, 2.05) is 81.4 Å². The molecule has 1 heterocycles. The minimum atomic E-state index is -0.561. The monoisotopic (exact) mass is 533 g/mol. The van der Waals surface area contributed by atoms with Crippen molar-refractivity contribution in [1.82, 2.24) is 10.3 Å². The van der Waals surface area contributed by atoms with Crippen LogP contribution in [0.4, 0.5) is 20.7 Å². The molecule has 0 saturated heterocycles. The summed E-state index contributed by atoms with van der Waals surface area (Å²) in [5.41, 5.74) is 3.34. The molecule has 0 atom stereocenters. The number of hydrogen-bond donors (Lipinski definition) is 2. The van der Waals surface area contributed by atoms with Gasteiger partial charge in [0.1, 0.15) is 17.2 Å². The second-order valence-electron chi connectivity index (χ2n) is 11.0. The number of aromatic nitrogens is 1. The SMILES string of the molecule is CC(C)(C)OC(=O)NC1(c2ccc(Nc3nc(-c4ccccc4F)ccc3C#Cc3ccccc3)cc2)CCC1. The fourth-order valence-corrected chi connectivity index (χ4v) is 4.66. The van der Waals surface area contributed by atoms with E-state index in [-0.39, 0.29) is 5.82 Å². The summed E-state index contributed by atoms with van der Waals surface area (Å²) in [4.78, 5) is 17.3. The van der Waals surface area contributed by atoms with Gasteiger partial charge >= 0.3 is 6.09 Å². The number of halogens is 1. The van der Waals surface area contributed by atoms with Crippen molar-refractivity contribution < 1.29 is 13.9 Å². The fraction of sp³-hybridized carbons (Fsp3) is 0.235. The van der Waals surface area contributed by atoms with Crippen LogP contribution in [0.3, 0.4) is 0 Å². The predicted octanol–water partition coefficient (Wildman–Crippen LogP) is 7.94. The molecule has 5 nitrogen and oxygen atoms in total. The van der Waals surface area contributed by atoms with Gasteiger partial charge in [0.15, 0.2) is 0 Å². The molecule has 5 rings (SSSR count). The topological polar surface area (TPSA) is 63.2 Å². The first kappa shape index (κ1) is 27.0. The molecule has 1 saturated carbocycles. The van der Waals surface area contributed by atoms with E-state index in [0.717, 1.165) is 36.1 Å². The molecule has 1 fully saturated rings. The molecule has 40 heavy (non-hydrogen) atoms. The van der Waals surface area contributed by atoms with Crippen LogP contribution in [0.15, 0.2) is 91.0 Å². The molecular weight excluding hydrogens is 501 g/mol. The first-order chi connectivity index (χ1) is 19.2. The number of amides is 1. The highest BCUT2D eigenvalue weighted by Crippen LogP contribution is 2.42. The third kappa shape index (κ3) is 6.32. The van der Waals surface area contributed by atoms with Gasteiger partial charge in [-0.2, -0.15) is 0 Å². The van der Waals surface area contributed by atoms with Gasteiger partial charge in [-0.25, -0.2) is 14.2 Å². The van der Waals surface area contributed by atoms with Gasteiger partial charge in [0, 0.05) is 16.8 Å². The summed E-state index contributed by atoms with van der Waals surface area (Å²) < 4.78 is 20.1. The predicted molar refractivity (Wildman–Crippen MR) is 157 cm³/mol. The largest absolute Gasteiger partial charge is 0.444 e. The first-order valence-corrected chi connectivity index (χ1v) is 13.4. The van der Waals surface area contributed by atoms with Gasteiger partial charge in [-0.15, -0.1) is 0 Å². The van der Waals surface area contributed by atoms with Crippen molar-refractivity contribution >= 4 is 17.6 Å². The second kappa shape index (κ2) is 11.2. The number of alkyl carbamates (subject to hydrolysis) is 1. The summed E-state index contributed by atoms with van der Waals surface area (Å²) >= 11 is 0. The van der Waals surface area contributed by atoms with Gasteiger partial charge in [-0.3, -0.25) is 0 Å². The Morgan fingerprint density at radius 3 is 2.25 bits per heavy atom. The molecule has 1 aliphatic rings. The average Bonchev–Trinajstić information content (AvgIpc) is 2.90. The van der Waals surface area contributed by atoms with Gasteiger partial charge in [0.05, 0.1) is 16.8 Å². The number of hydrogen-bond acceptors (Lipinski definition) is 4. The summed E-state index contributed by atoms with van der Waals surface area (Å²) in [5.74, 6) is 6.58. The number of ether oxygens (including phenoxy) is 1. The number of carbonyl (C=O) groups is 1. The molecule has 0 spiro atoms. The highest BCUT2D eigenvalue weighted by atomic mass is 19.1. The van der Waals surface area contributed by atoms with E-state index in [2.05, 4.69) is 22.5 Å². The number of benzene rings is 3. The fourth-order valence-electron chi connectivity index (χ4n) is 4.66. The Hall–Kier alpha value is -4.63. The molecule has 0 aliphatic heterocycles. The molecule has 1 amide bonds. The highest BCUT2D eigenvalue weighted by Gasteiger charge is 2.41. The zero-order chi connectivity index (χ0) is 28.2.